The summed E-state index contributed by atoms with van der Waals surface area (Å²) in [6.45, 7) is -0.451. The van der Waals surface area contributed by atoms with E-state index in [1.54, 1.807) is 24.3 Å². The first-order valence-corrected chi connectivity index (χ1v) is 9.30. The van der Waals surface area contributed by atoms with Gasteiger partial charge in [-0.1, -0.05) is 11.6 Å². The second-order valence-corrected chi connectivity index (χ2v) is 8.26. The van der Waals surface area contributed by atoms with Gasteiger partial charge in [-0.05, 0) is 82.7 Å². The van der Waals surface area contributed by atoms with E-state index in [9.17, 15) is 13.2 Å². The fourth-order valence-electron chi connectivity index (χ4n) is 1.77. The highest BCUT2D eigenvalue weighted by Crippen LogP contribution is 2.25. The molecule has 0 radical (unpaired) electrons. The highest BCUT2D eigenvalue weighted by molar-refractivity contribution is 14.1. The summed E-state index contributed by atoms with van der Waals surface area (Å²) in [6, 6.07) is 12.5. The average Bonchev–Trinajstić information content (AvgIpc) is 2.46. The molecule has 2 aromatic rings. The van der Waals surface area contributed by atoms with Gasteiger partial charge < -0.3 is 0 Å². The van der Waals surface area contributed by atoms with E-state index in [-0.39, 0.29) is 4.90 Å². The van der Waals surface area contributed by atoms with Gasteiger partial charge in [0.1, 0.15) is 6.54 Å². The SMILES string of the molecule is O=C(Cl)CN(c1ccc(I)cc1)S(=O)(=O)c1ccc(Cl)cc1. The maximum atomic E-state index is 12.7. The topological polar surface area (TPSA) is 54.5 Å². The molecule has 22 heavy (non-hydrogen) atoms. The molecule has 0 N–H and O–H groups in total. The quantitative estimate of drug-likeness (QED) is 0.492. The molecule has 0 aromatic heterocycles. The van der Waals surface area contributed by atoms with Crippen LogP contribution < -0.4 is 4.31 Å². The Morgan fingerprint density at radius 3 is 2.09 bits per heavy atom. The summed E-state index contributed by atoms with van der Waals surface area (Å²) in [7, 11) is -3.91. The van der Waals surface area contributed by atoms with Crippen LogP contribution in [0.2, 0.25) is 5.02 Å². The van der Waals surface area contributed by atoms with E-state index < -0.39 is 21.8 Å². The molecule has 0 amide bonds. The molecule has 0 atom stereocenters. The van der Waals surface area contributed by atoms with Gasteiger partial charge in [0, 0.05) is 8.59 Å². The maximum Gasteiger partial charge on any atom is 0.264 e. The van der Waals surface area contributed by atoms with Crippen molar-refractivity contribution in [3.63, 3.8) is 0 Å². The van der Waals surface area contributed by atoms with Crippen molar-refractivity contribution in [2.45, 2.75) is 4.90 Å². The van der Waals surface area contributed by atoms with Gasteiger partial charge in [-0.15, -0.1) is 0 Å². The summed E-state index contributed by atoms with van der Waals surface area (Å²) in [6.07, 6.45) is 0. The molecule has 0 fully saturated rings. The van der Waals surface area contributed by atoms with Gasteiger partial charge in [-0.3, -0.25) is 9.10 Å². The molecule has 8 heteroatoms. The first-order valence-electron chi connectivity index (χ1n) is 6.03. The van der Waals surface area contributed by atoms with Crippen LogP contribution in [0.5, 0.6) is 0 Å². The number of benzene rings is 2. The van der Waals surface area contributed by atoms with Gasteiger partial charge in [0.15, 0.2) is 0 Å². The van der Waals surface area contributed by atoms with Crippen LogP contribution in [0.15, 0.2) is 53.4 Å². The normalized spacial score (nSPS) is 11.2. The van der Waals surface area contributed by atoms with Crippen LogP contribution in [0.3, 0.4) is 0 Å². The van der Waals surface area contributed by atoms with Gasteiger partial charge in [0.2, 0.25) is 5.24 Å². The Morgan fingerprint density at radius 1 is 1.05 bits per heavy atom. The molecule has 4 nitrogen and oxygen atoms in total. The highest BCUT2D eigenvalue weighted by Gasteiger charge is 2.26. The minimum Gasteiger partial charge on any atom is -0.279 e. The number of sulfonamides is 1. The first kappa shape index (κ1) is 17.5. The molecular weight excluding hydrogens is 460 g/mol. The third kappa shape index (κ3) is 4.13. The van der Waals surface area contributed by atoms with Crippen molar-refractivity contribution in [1.82, 2.24) is 0 Å². The lowest BCUT2D eigenvalue weighted by Gasteiger charge is -2.23. The molecule has 0 saturated heterocycles. The molecule has 0 aliphatic heterocycles. The highest BCUT2D eigenvalue weighted by atomic mass is 127. The third-order valence-electron chi connectivity index (χ3n) is 2.78. The van der Waals surface area contributed by atoms with Crippen LogP contribution in [-0.4, -0.2) is 20.2 Å². The average molecular weight is 470 g/mol. The fourth-order valence-corrected chi connectivity index (χ4v) is 3.87. The van der Waals surface area contributed by atoms with E-state index in [4.69, 9.17) is 23.2 Å². The predicted molar refractivity (Wildman–Crippen MR) is 96.0 cm³/mol. The second kappa shape index (κ2) is 7.16. The lowest BCUT2D eigenvalue weighted by Crippen LogP contribution is -2.34. The summed E-state index contributed by atoms with van der Waals surface area (Å²) in [5.41, 5.74) is 0.365. The van der Waals surface area contributed by atoms with Crippen molar-refractivity contribution in [2.75, 3.05) is 10.8 Å². The van der Waals surface area contributed by atoms with Gasteiger partial charge in [-0.25, -0.2) is 8.42 Å². The summed E-state index contributed by atoms with van der Waals surface area (Å²) in [4.78, 5) is 11.3. The Kier molecular flexibility index (Phi) is 5.70. The largest absolute Gasteiger partial charge is 0.279 e. The minimum absolute atomic E-state index is 0.0355. The summed E-state index contributed by atoms with van der Waals surface area (Å²) < 4.78 is 27.4. The molecule has 0 spiro atoms. The van der Waals surface area contributed by atoms with E-state index in [1.165, 1.54) is 24.3 Å². The van der Waals surface area contributed by atoms with Crippen molar-refractivity contribution in [2.24, 2.45) is 0 Å². The number of hydrogen-bond donors (Lipinski definition) is 0. The number of halogens is 3. The zero-order valence-corrected chi connectivity index (χ0v) is 15.5. The van der Waals surface area contributed by atoms with E-state index in [2.05, 4.69) is 22.6 Å². The van der Waals surface area contributed by atoms with Crippen molar-refractivity contribution >= 4 is 66.7 Å². The van der Waals surface area contributed by atoms with Crippen LogP contribution in [-0.2, 0) is 14.8 Å². The Bertz CT molecular complexity index is 777. The van der Waals surface area contributed by atoms with Crippen LogP contribution in [0.25, 0.3) is 0 Å². The third-order valence-corrected chi connectivity index (χ3v) is 5.66. The predicted octanol–water partition coefficient (Wildman–Crippen LogP) is 3.91. The van der Waals surface area contributed by atoms with Gasteiger partial charge >= 0.3 is 0 Å². The molecular formula is C14H10Cl2INO3S. The summed E-state index contributed by atoms with van der Waals surface area (Å²) >= 11 is 13.3. The van der Waals surface area contributed by atoms with E-state index in [1.807, 2.05) is 0 Å². The Hall–Kier alpha value is -0.830. The van der Waals surface area contributed by atoms with E-state index >= 15 is 0 Å². The van der Waals surface area contributed by atoms with Gasteiger partial charge in [-0.2, -0.15) is 0 Å². The van der Waals surface area contributed by atoms with Crippen LogP contribution in [0.1, 0.15) is 0 Å². The smallest absolute Gasteiger partial charge is 0.264 e. The molecule has 0 unspecified atom stereocenters. The molecule has 0 saturated carbocycles. The molecule has 0 aliphatic carbocycles. The molecule has 0 heterocycles. The van der Waals surface area contributed by atoms with Gasteiger partial charge in [0.05, 0.1) is 10.6 Å². The number of rotatable bonds is 5. The Morgan fingerprint density at radius 2 is 1.59 bits per heavy atom. The van der Waals surface area contributed by atoms with Crippen molar-refractivity contribution in [1.29, 1.82) is 0 Å². The zero-order valence-electron chi connectivity index (χ0n) is 11.0. The summed E-state index contributed by atoms with van der Waals surface area (Å²) in [5.74, 6) is 0. The summed E-state index contributed by atoms with van der Waals surface area (Å²) in [5, 5.41) is -0.343. The number of nitrogens with zero attached hydrogens (tertiary/aromatic N) is 1. The molecule has 2 rings (SSSR count). The Labute approximate surface area is 152 Å². The second-order valence-electron chi connectivity index (χ2n) is 4.30. The molecule has 0 aliphatic rings. The van der Waals surface area contributed by atoms with Crippen LogP contribution in [0.4, 0.5) is 5.69 Å². The number of carbonyl (C=O) groups is 1. The van der Waals surface area contributed by atoms with Crippen LogP contribution in [0, 0.1) is 3.57 Å². The minimum atomic E-state index is -3.91. The maximum absolute atomic E-state index is 12.7. The molecule has 0 bridgehead atoms. The first-order chi connectivity index (χ1) is 10.3. The van der Waals surface area contributed by atoms with Crippen molar-refractivity contribution in [3.05, 3.63) is 57.1 Å². The van der Waals surface area contributed by atoms with Crippen LogP contribution >= 0.6 is 45.8 Å². The van der Waals surface area contributed by atoms with E-state index in [0.717, 1.165) is 7.88 Å². The zero-order chi connectivity index (χ0) is 16.3. The number of anilines is 1. The number of hydrogen-bond acceptors (Lipinski definition) is 3. The molecule has 2 aromatic carbocycles. The molecule has 116 valence electrons. The van der Waals surface area contributed by atoms with Crippen molar-refractivity contribution < 1.29 is 13.2 Å². The standard InChI is InChI=1S/C14H10Cl2INO3S/c15-10-1-7-13(8-2-10)22(20,21)18(9-14(16)19)12-5-3-11(17)4-6-12/h1-8H,9H2. The fraction of sp³-hybridized carbons (Fsp3) is 0.0714. The number of carbonyl (C=O) groups excluding carboxylic acids is 1. The monoisotopic (exact) mass is 469 g/mol. The van der Waals surface area contributed by atoms with Gasteiger partial charge in [0.25, 0.3) is 10.0 Å². The lowest BCUT2D eigenvalue weighted by atomic mass is 10.3. The Balaban J connectivity index is 2.50. The van der Waals surface area contributed by atoms with E-state index in [0.29, 0.717) is 10.7 Å². The lowest BCUT2D eigenvalue weighted by molar-refractivity contribution is -0.110. The van der Waals surface area contributed by atoms with Crippen molar-refractivity contribution in [3.8, 4) is 0 Å².